The van der Waals surface area contributed by atoms with Crippen molar-refractivity contribution in [3.63, 3.8) is 0 Å². The van der Waals surface area contributed by atoms with E-state index in [1.54, 1.807) is 24.3 Å². The number of hydrogen-bond acceptors (Lipinski definition) is 4. The third-order valence-electron chi connectivity index (χ3n) is 5.05. The second kappa shape index (κ2) is 7.37. The molecule has 3 amide bonds. The van der Waals surface area contributed by atoms with Crippen molar-refractivity contribution in [2.24, 2.45) is 5.92 Å². The molecule has 2 saturated heterocycles. The second-order valence-corrected chi connectivity index (χ2v) is 7.96. The van der Waals surface area contributed by atoms with Gasteiger partial charge in [-0.2, -0.15) is 0 Å². The first-order valence-corrected chi connectivity index (χ1v) is 9.34. The van der Waals surface area contributed by atoms with Gasteiger partial charge in [-0.05, 0) is 43.0 Å². The fourth-order valence-electron chi connectivity index (χ4n) is 3.66. The molecule has 2 aliphatic heterocycles. The minimum atomic E-state index is -0.856. The van der Waals surface area contributed by atoms with Gasteiger partial charge in [0.2, 0.25) is 0 Å². The van der Waals surface area contributed by atoms with E-state index in [0.29, 0.717) is 29.3 Å². The molecule has 1 aromatic carbocycles. The normalized spacial score (nSPS) is 20.1. The van der Waals surface area contributed by atoms with Gasteiger partial charge in [-0.1, -0.05) is 25.4 Å². The maximum Gasteiger partial charge on any atom is 0.325 e. The van der Waals surface area contributed by atoms with Crippen LogP contribution in [0.15, 0.2) is 24.3 Å². The number of amides is 3. The van der Waals surface area contributed by atoms with Gasteiger partial charge in [0.25, 0.3) is 5.91 Å². The van der Waals surface area contributed by atoms with Crippen molar-refractivity contribution in [1.82, 2.24) is 15.1 Å². The lowest BCUT2D eigenvalue weighted by Crippen LogP contribution is -2.55. The molecule has 1 N–H and O–H groups in total. The molecular weight excluding hydrogens is 354 g/mol. The van der Waals surface area contributed by atoms with Crippen molar-refractivity contribution in [1.29, 1.82) is 0 Å². The lowest BCUT2D eigenvalue weighted by Gasteiger charge is -2.37. The van der Waals surface area contributed by atoms with Crippen LogP contribution in [-0.2, 0) is 4.79 Å². The zero-order chi connectivity index (χ0) is 18.9. The summed E-state index contributed by atoms with van der Waals surface area (Å²) in [6.07, 6.45) is 1.16. The molecule has 2 aliphatic rings. The summed E-state index contributed by atoms with van der Waals surface area (Å²) in [4.78, 5) is 41.0. The summed E-state index contributed by atoms with van der Waals surface area (Å²) in [5.41, 5.74) is -0.423. The summed E-state index contributed by atoms with van der Waals surface area (Å²) in [6, 6.07) is 5.96. The van der Waals surface area contributed by atoms with Gasteiger partial charge >= 0.3 is 6.03 Å². The smallest absolute Gasteiger partial charge is 0.323 e. The van der Waals surface area contributed by atoms with Crippen LogP contribution in [0, 0.1) is 5.92 Å². The van der Waals surface area contributed by atoms with E-state index in [2.05, 4.69) is 24.1 Å². The van der Waals surface area contributed by atoms with Gasteiger partial charge < -0.3 is 10.2 Å². The van der Waals surface area contributed by atoms with Crippen LogP contribution in [0.2, 0.25) is 5.02 Å². The predicted octanol–water partition coefficient (Wildman–Crippen LogP) is 2.57. The van der Waals surface area contributed by atoms with Crippen molar-refractivity contribution < 1.29 is 14.4 Å². The molecule has 6 nitrogen and oxygen atoms in total. The van der Waals surface area contributed by atoms with E-state index in [-0.39, 0.29) is 18.2 Å². The third kappa shape index (κ3) is 3.76. The topological polar surface area (TPSA) is 69.7 Å². The van der Waals surface area contributed by atoms with Crippen LogP contribution in [0.5, 0.6) is 0 Å². The standard InChI is InChI=1S/C19H24ClN3O3/c1-13(2)11-22-9-7-19(8-10-22)17(25)23(18(26)21-19)12-16(24)14-3-5-15(20)6-4-14/h3-6,13H,7-12H2,1-2H3,(H,21,26). The fraction of sp³-hybridized carbons (Fsp3) is 0.526. The van der Waals surface area contributed by atoms with E-state index in [0.717, 1.165) is 24.5 Å². The first-order chi connectivity index (χ1) is 12.3. The number of hydrogen-bond donors (Lipinski definition) is 1. The Kier molecular flexibility index (Phi) is 5.34. The number of nitrogens with zero attached hydrogens (tertiary/aromatic N) is 2. The first-order valence-electron chi connectivity index (χ1n) is 8.96. The Hall–Kier alpha value is -1.92. The average Bonchev–Trinajstić information content (AvgIpc) is 2.81. The molecule has 0 atom stereocenters. The van der Waals surface area contributed by atoms with Crippen molar-refractivity contribution in [2.75, 3.05) is 26.2 Å². The van der Waals surface area contributed by atoms with E-state index >= 15 is 0 Å². The molecule has 0 bridgehead atoms. The molecule has 7 heteroatoms. The number of likely N-dealkylation sites (tertiary alicyclic amines) is 1. The Morgan fingerprint density at radius 2 is 1.81 bits per heavy atom. The van der Waals surface area contributed by atoms with Gasteiger partial charge in [0, 0.05) is 30.2 Å². The molecule has 26 heavy (non-hydrogen) atoms. The number of rotatable bonds is 5. The zero-order valence-electron chi connectivity index (χ0n) is 15.1. The number of halogens is 1. The lowest BCUT2D eigenvalue weighted by molar-refractivity contribution is -0.132. The Bertz CT molecular complexity index is 709. The van der Waals surface area contributed by atoms with E-state index < -0.39 is 11.6 Å². The number of ketones is 1. The highest BCUT2D eigenvalue weighted by Crippen LogP contribution is 2.30. The molecule has 0 unspecified atom stereocenters. The lowest BCUT2D eigenvalue weighted by atomic mass is 9.87. The number of carbonyl (C=O) groups excluding carboxylic acids is 3. The highest BCUT2D eigenvalue weighted by Gasteiger charge is 2.52. The van der Waals surface area contributed by atoms with Crippen LogP contribution in [0.25, 0.3) is 0 Å². The minimum absolute atomic E-state index is 0.246. The van der Waals surface area contributed by atoms with Crippen molar-refractivity contribution in [3.05, 3.63) is 34.9 Å². The van der Waals surface area contributed by atoms with Gasteiger partial charge in [-0.15, -0.1) is 0 Å². The number of piperidine rings is 1. The summed E-state index contributed by atoms with van der Waals surface area (Å²) in [5.74, 6) is -0.000104. The molecular formula is C19H24ClN3O3. The van der Waals surface area contributed by atoms with Gasteiger partial charge in [0.05, 0.1) is 6.54 Å². The molecule has 0 radical (unpaired) electrons. The van der Waals surface area contributed by atoms with Crippen LogP contribution >= 0.6 is 11.6 Å². The van der Waals surface area contributed by atoms with Gasteiger partial charge in [0.1, 0.15) is 5.54 Å². The van der Waals surface area contributed by atoms with E-state index in [1.165, 1.54) is 0 Å². The Morgan fingerprint density at radius 1 is 1.19 bits per heavy atom. The van der Waals surface area contributed by atoms with Crippen LogP contribution < -0.4 is 5.32 Å². The Labute approximate surface area is 158 Å². The summed E-state index contributed by atoms with van der Waals surface area (Å²) in [5, 5.41) is 3.38. The van der Waals surface area contributed by atoms with Gasteiger partial charge in [0.15, 0.2) is 5.78 Å². The summed E-state index contributed by atoms with van der Waals surface area (Å²) < 4.78 is 0. The van der Waals surface area contributed by atoms with Crippen LogP contribution in [-0.4, -0.2) is 59.2 Å². The van der Waals surface area contributed by atoms with Gasteiger partial charge in [-0.25, -0.2) is 4.79 Å². The summed E-state index contributed by atoms with van der Waals surface area (Å²) in [6.45, 7) is 6.60. The largest absolute Gasteiger partial charge is 0.325 e. The SMILES string of the molecule is CC(C)CN1CCC2(CC1)NC(=O)N(CC(=O)c1ccc(Cl)cc1)C2=O. The Morgan fingerprint density at radius 3 is 2.38 bits per heavy atom. The zero-order valence-corrected chi connectivity index (χ0v) is 15.9. The molecule has 140 valence electrons. The number of nitrogens with one attached hydrogen (secondary N) is 1. The molecule has 2 fully saturated rings. The summed E-state index contributed by atoms with van der Waals surface area (Å²) in [7, 11) is 0. The highest BCUT2D eigenvalue weighted by molar-refractivity contribution is 6.30. The molecule has 0 aromatic heterocycles. The van der Waals surface area contributed by atoms with Crippen molar-refractivity contribution >= 4 is 29.3 Å². The van der Waals surface area contributed by atoms with Gasteiger partial charge in [-0.3, -0.25) is 14.5 Å². The monoisotopic (exact) mass is 377 g/mol. The maximum absolute atomic E-state index is 12.9. The quantitative estimate of drug-likeness (QED) is 0.632. The second-order valence-electron chi connectivity index (χ2n) is 7.53. The number of benzene rings is 1. The van der Waals surface area contributed by atoms with E-state index in [9.17, 15) is 14.4 Å². The van der Waals surface area contributed by atoms with Crippen molar-refractivity contribution in [3.8, 4) is 0 Å². The molecule has 0 aliphatic carbocycles. The molecule has 0 saturated carbocycles. The third-order valence-corrected chi connectivity index (χ3v) is 5.30. The van der Waals surface area contributed by atoms with Crippen LogP contribution in [0.4, 0.5) is 4.79 Å². The summed E-state index contributed by atoms with van der Waals surface area (Å²) >= 11 is 5.83. The fourth-order valence-corrected chi connectivity index (χ4v) is 3.79. The van der Waals surface area contributed by atoms with Crippen molar-refractivity contribution in [2.45, 2.75) is 32.2 Å². The van der Waals surface area contributed by atoms with Crippen LogP contribution in [0.3, 0.4) is 0 Å². The Balaban J connectivity index is 1.66. The number of Topliss-reactive ketones (excluding diaryl/α,β-unsaturated/α-hetero) is 1. The van der Waals surface area contributed by atoms with E-state index in [1.807, 2.05) is 0 Å². The molecule has 2 heterocycles. The highest BCUT2D eigenvalue weighted by atomic mass is 35.5. The number of carbonyl (C=O) groups is 3. The first kappa shape index (κ1) is 18.9. The number of imide groups is 1. The maximum atomic E-state index is 12.9. The predicted molar refractivity (Wildman–Crippen MR) is 99.3 cm³/mol. The minimum Gasteiger partial charge on any atom is -0.323 e. The molecule has 3 rings (SSSR count). The van der Waals surface area contributed by atoms with Crippen LogP contribution in [0.1, 0.15) is 37.0 Å². The molecule has 1 aromatic rings. The average molecular weight is 378 g/mol. The molecule has 1 spiro atoms. The number of urea groups is 1. The van der Waals surface area contributed by atoms with E-state index in [4.69, 9.17) is 11.6 Å².